The van der Waals surface area contributed by atoms with Gasteiger partial charge in [0.1, 0.15) is 34.0 Å². The summed E-state index contributed by atoms with van der Waals surface area (Å²) in [6.45, 7) is 9.71. The normalized spacial score (nSPS) is 16.7. The number of piperidine rings is 2. The molecule has 2 aliphatic heterocycles. The molecule has 0 spiro atoms. The summed E-state index contributed by atoms with van der Waals surface area (Å²) in [5.74, 6) is 1.93. The molecule has 4 aromatic heterocycles. The van der Waals surface area contributed by atoms with E-state index in [9.17, 15) is 0 Å². The largest absolute Gasteiger partial charge is 0.492 e. The number of oxazole rings is 2. The van der Waals surface area contributed by atoms with Crippen molar-refractivity contribution in [3.05, 3.63) is 48.2 Å². The second-order valence-electron chi connectivity index (χ2n) is 11.8. The molecule has 4 N–H and O–H groups in total. The molecule has 46 heavy (non-hydrogen) atoms. The fourth-order valence-electron chi connectivity index (χ4n) is 6.52. The molecular weight excluding hydrogens is 586 g/mol. The molecule has 242 valence electrons. The maximum absolute atomic E-state index is 6.41. The molecule has 0 bridgehead atoms. The Hall–Kier alpha value is -4.62. The zero-order chi connectivity index (χ0) is 31.5. The van der Waals surface area contributed by atoms with Crippen molar-refractivity contribution in [2.24, 2.45) is 0 Å². The van der Waals surface area contributed by atoms with Crippen LogP contribution in [0, 0.1) is 0 Å². The number of likely N-dealkylation sites (tertiary alicyclic amines) is 1. The van der Waals surface area contributed by atoms with Crippen LogP contribution < -0.4 is 30.7 Å². The Morgan fingerprint density at radius 2 is 1.63 bits per heavy atom. The minimum atomic E-state index is 0.307. The summed E-state index contributed by atoms with van der Waals surface area (Å²) in [4.78, 5) is 23.2. The molecule has 0 atom stereocenters. The van der Waals surface area contributed by atoms with E-state index in [1.54, 1.807) is 6.20 Å². The summed E-state index contributed by atoms with van der Waals surface area (Å²) in [7, 11) is 0. The highest BCUT2D eigenvalue weighted by molar-refractivity contribution is 5.75. The fourth-order valence-corrected chi connectivity index (χ4v) is 6.52. The first kappa shape index (κ1) is 30.1. The Morgan fingerprint density at radius 1 is 0.913 bits per heavy atom. The smallest absolute Gasteiger partial charge is 0.302 e. The molecule has 6 heterocycles. The number of nitrogens with zero attached hydrogens (tertiary/aromatic N) is 6. The lowest BCUT2D eigenvalue weighted by Crippen LogP contribution is -2.52. The summed E-state index contributed by atoms with van der Waals surface area (Å²) in [5.41, 5.74) is 10.3. The van der Waals surface area contributed by atoms with Crippen molar-refractivity contribution in [1.29, 1.82) is 0 Å². The number of hydrogen-bond acceptors (Lipinski definition) is 13. The molecule has 0 unspecified atom stereocenters. The number of hydrogen-bond donors (Lipinski definition) is 3. The first-order chi connectivity index (χ1) is 22.6. The van der Waals surface area contributed by atoms with Crippen LogP contribution in [0.15, 0.2) is 51.4 Å². The molecule has 0 amide bonds. The van der Waals surface area contributed by atoms with Crippen molar-refractivity contribution in [2.45, 2.75) is 58.2 Å². The molecule has 0 saturated carbocycles. The van der Waals surface area contributed by atoms with Crippen molar-refractivity contribution in [2.75, 3.05) is 55.3 Å². The third-order valence-electron chi connectivity index (χ3n) is 8.69. The van der Waals surface area contributed by atoms with Gasteiger partial charge in [-0.3, -0.25) is 10.2 Å². The second kappa shape index (κ2) is 13.4. The maximum atomic E-state index is 6.41. The molecular formula is C33H41N9O4. The van der Waals surface area contributed by atoms with Gasteiger partial charge >= 0.3 is 6.01 Å². The summed E-state index contributed by atoms with van der Waals surface area (Å²) < 4.78 is 23.8. The number of fused-ring (bicyclic) bond motifs is 2. The molecule has 5 aromatic rings. The van der Waals surface area contributed by atoms with E-state index in [4.69, 9.17) is 34.0 Å². The van der Waals surface area contributed by atoms with Gasteiger partial charge in [0.05, 0.1) is 13.2 Å². The number of nitrogens with two attached hydrogens (primary N) is 1. The first-order valence-corrected chi connectivity index (χ1v) is 16.2. The molecule has 7 rings (SSSR count). The minimum absolute atomic E-state index is 0.307. The van der Waals surface area contributed by atoms with E-state index in [1.165, 1.54) is 0 Å². The van der Waals surface area contributed by atoms with Crippen LogP contribution in [0.4, 0.5) is 23.5 Å². The van der Waals surface area contributed by atoms with Gasteiger partial charge in [0.2, 0.25) is 5.71 Å². The quantitative estimate of drug-likeness (QED) is 0.167. The number of rotatable bonds is 11. The summed E-state index contributed by atoms with van der Waals surface area (Å²) in [6, 6.07) is 13.2. The molecule has 2 fully saturated rings. The Kier molecular flexibility index (Phi) is 8.75. The zero-order valence-electron chi connectivity index (χ0n) is 26.4. The van der Waals surface area contributed by atoms with E-state index in [0.717, 1.165) is 69.5 Å². The first-order valence-electron chi connectivity index (χ1n) is 16.2. The van der Waals surface area contributed by atoms with Crippen LogP contribution in [-0.2, 0) is 6.54 Å². The molecule has 2 aliphatic rings. The standard InChI is InChI=1S/C33H41N9O4/c1-3-43-26-18-21(19-27(29(26)34)44-4-2)20-41-16-11-23(12-17-41)42(22-9-14-35-15-10-22)33-38-25-7-8-28(39-31(25)46-33)40-32-37-24-6-5-13-36-30(24)45-32/h5-8,13,18-19,22-23,35H,3-4,9-12,14-17,20,34H2,1-2H3,(H,37,39,40). The highest BCUT2D eigenvalue weighted by Gasteiger charge is 2.34. The number of aromatic nitrogens is 4. The van der Waals surface area contributed by atoms with Gasteiger partial charge in [-0.15, -0.1) is 0 Å². The number of ether oxygens (including phenoxy) is 2. The number of anilines is 4. The van der Waals surface area contributed by atoms with Crippen molar-refractivity contribution in [1.82, 2.24) is 30.2 Å². The van der Waals surface area contributed by atoms with Crippen LogP contribution in [-0.4, -0.2) is 76.3 Å². The highest BCUT2D eigenvalue weighted by Crippen LogP contribution is 2.36. The minimum Gasteiger partial charge on any atom is -0.492 e. The molecule has 13 heteroatoms. The lowest BCUT2D eigenvalue weighted by Gasteiger charge is -2.43. The van der Waals surface area contributed by atoms with Crippen molar-refractivity contribution in [3.63, 3.8) is 0 Å². The highest BCUT2D eigenvalue weighted by atomic mass is 16.5. The van der Waals surface area contributed by atoms with Crippen LogP contribution in [0.3, 0.4) is 0 Å². The van der Waals surface area contributed by atoms with Crippen LogP contribution >= 0.6 is 0 Å². The van der Waals surface area contributed by atoms with Gasteiger partial charge < -0.3 is 34.3 Å². The Balaban J connectivity index is 1.07. The SMILES string of the molecule is CCOc1cc(CN2CCC(N(c3nc4ccc(Nc5nc6cccnc6o5)nc4o3)C3CCNCC3)CC2)cc(OCC)c1N. The van der Waals surface area contributed by atoms with Gasteiger partial charge in [0.15, 0.2) is 0 Å². The average molecular weight is 628 g/mol. The zero-order valence-corrected chi connectivity index (χ0v) is 26.4. The van der Waals surface area contributed by atoms with E-state index in [0.29, 0.717) is 77.3 Å². The summed E-state index contributed by atoms with van der Waals surface area (Å²) in [6.07, 6.45) is 5.75. The summed E-state index contributed by atoms with van der Waals surface area (Å²) >= 11 is 0. The third-order valence-corrected chi connectivity index (χ3v) is 8.69. The van der Waals surface area contributed by atoms with Gasteiger partial charge in [-0.1, -0.05) is 0 Å². The van der Waals surface area contributed by atoms with Crippen molar-refractivity contribution < 1.29 is 18.3 Å². The predicted molar refractivity (Wildman–Crippen MR) is 177 cm³/mol. The number of nitrogen functional groups attached to an aromatic ring is 1. The van der Waals surface area contributed by atoms with Gasteiger partial charge in [0, 0.05) is 37.9 Å². The van der Waals surface area contributed by atoms with Crippen LogP contribution in [0.5, 0.6) is 11.5 Å². The van der Waals surface area contributed by atoms with Crippen molar-refractivity contribution >= 4 is 46.0 Å². The van der Waals surface area contributed by atoms with Gasteiger partial charge in [0.25, 0.3) is 11.7 Å². The topological polar surface area (TPSA) is 153 Å². The number of pyridine rings is 2. The molecule has 2 saturated heterocycles. The fraction of sp³-hybridized carbons (Fsp3) is 0.455. The van der Waals surface area contributed by atoms with Gasteiger partial charge in [-0.05, 0) is 94.6 Å². The molecule has 1 aromatic carbocycles. The second-order valence-corrected chi connectivity index (χ2v) is 11.8. The van der Waals surface area contributed by atoms with Gasteiger partial charge in [-0.25, -0.2) is 4.98 Å². The van der Waals surface area contributed by atoms with E-state index >= 15 is 0 Å². The van der Waals surface area contributed by atoms with E-state index in [2.05, 4.69) is 30.4 Å². The lowest BCUT2D eigenvalue weighted by atomic mass is 9.97. The van der Waals surface area contributed by atoms with Gasteiger partial charge in [-0.2, -0.15) is 15.0 Å². The third kappa shape index (κ3) is 6.38. The Bertz CT molecular complexity index is 1720. The molecule has 13 nitrogen and oxygen atoms in total. The predicted octanol–water partition coefficient (Wildman–Crippen LogP) is 5.11. The Labute approximate surface area is 267 Å². The Morgan fingerprint density at radius 3 is 2.35 bits per heavy atom. The maximum Gasteiger partial charge on any atom is 0.302 e. The number of benzene rings is 1. The van der Waals surface area contributed by atoms with Crippen LogP contribution in [0.1, 0.15) is 45.1 Å². The van der Waals surface area contributed by atoms with Crippen molar-refractivity contribution in [3.8, 4) is 11.5 Å². The van der Waals surface area contributed by atoms with E-state index < -0.39 is 0 Å². The van der Waals surface area contributed by atoms with E-state index in [-0.39, 0.29) is 0 Å². The average Bonchev–Trinajstić information content (AvgIpc) is 3.68. The molecule has 0 aliphatic carbocycles. The number of nitrogens with one attached hydrogen (secondary N) is 2. The van der Waals surface area contributed by atoms with Crippen LogP contribution in [0.2, 0.25) is 0 Å². The summed E-state index contributed by atoms with van der Waals surface area (Å²) in [5, 5.41) is 6.63. The monoisotopic (exact) mass is 627 g/mol. The lowest BCUT2D eigenvalue weighted by molar-refractivity contribution is 0.191. The molecule has 0 radical (unpaired) electrons. The van der Waals surface area contributed by atoms with Crippen LogP contribution in [0.25, 0.3) is 22.5 Å². The van der Waals surface area contributed by atoms with E-state index in [1.807, 2.05) is 50.2 Å².